The Labute approximate surface area is 91.2 Å². The molecule has 0 aliphatic heterocycles. The van der Waals surface area contributed by atoms with Crippen LogP contribution in [-0.4, -0.2) is 4.98 Å². The van der Waals surface area contributed by atoms with Crippen molar-refractivity contribution in [3.05, 3.63) is 26.5 Å². The van der Waals surface area contributed by atoms with E-state index >= 15 is 0 Å². The van der Waals surface area contributed by atoms with Gasteiger partial charge >= 0.3 is 0 Å². The molecule has 0 aliphatic carbocycles. The van der Waals surface area contributed by atoms with Gasteiger partial charge in [0.1, 0.15) is 9.34 Å². The van der Waals surface area contributed by atoms with Crippen LogP contribution in [0.25, 0.3) is 9.88 Å². The molecule has 12 heavy (non-hydrogen) atoms. The number of hydrogen-bond acceptors (Lipinski definition) is 3. The zero-order valence-electron chi connectivity index (χ0n) is 5.75. The Kier molecular flexibility index (Phi) is 2.50. The summed E-state index contributed by atoms with van der Waals surface area (Å²) in [6, 6.07) is 4.04. The van der Waals surface area contributed by atoms with Crippen molar-refractivity contribution in [2.75, 3.05) is 0 Å². The molecule has 62 valence electrons. The van der Waals surface area contributed by atoms with Crippen LogP contribution in [-0.2, 0) is 0 Å². The highest BCUT2D eigenvalue weighted by atomic mass is 79.9. The van der Waals surface area contributed by atoms with Gasteiger partial charge in [0.05, 0.1) is 14.9 Å². The lowest BCUT2D eigenvalue weighted by molar-refractivity contribution is 1.43. The van der Waals surface area contributed by atoms with E-state index in [1.807, 2.05) is 12.1 Å². The summed E-state index contributed by atoms with van der Waals surface area (Å²) in [4.78, 5) is 5.33. The molecule has 0 aromatic carbocycles. The fraction of sp³-hybridized carbons (Fsp3) is 0. The molecule has 0 spiro atoms. The van der Waals surface area contributed by atoms with Gasteiger partial charge in [-0.05, 0) is 28.1 Å². The number of hydrogen-bond donors (Lipinski definition) is 0. The topological polar surface area (TPSA) is 12.9 Å². The molecule has 0 N–H and O–H groups in total. The van der Waals surface area contributed by atoms with Crippen LogP contribution in [0.5, 0.6) is 0 Å². The second-order valence-corrected chi connectivity index (χ2v) is 6.20. The van der Waals surface area contributed by atoms with Crippen molar-refractivity contribution in [2.24, 2.45) is 0 Å². The van der Waals surface area contributed by atoms with Crippen molar-refractivity contribution >= 4 is 50.2 Å². The smallest absolute Gasteiger partial charge is 0.134 e. The Hall–Kier alpha value is 0.1000. The molecule has 2 aromatic rings. The Morgan fingerprint density at radius 1 is 1.33 bits per heavy atom. The maximum atomic E-state index is 5.77. The predicted octanol–water partition coefficient (Wildman–Crippen LogP) is 4.29. The van der Waals surface area contributed by atoms with Gasteiger partial charge in [-0.3, -0.25) is 0 Å². The van der Waals surface area contributed by atoms with Crippen LogP contribution in [0.4, 0.5) is 0 Å². The van der Waals surface area contributed by atoms with Crippen LogP contribution >= 0.6 is 50.2 Å². The highest BCUT2D eigenvalue weighted by Gasteiger charge is 2.05. The predicted molar refractivity (Wildman–Crippen MR) is 58.1 cm³/mol. The van der Waals surface area contributed by atoms with E-state index in [0.717, 1.165) is 18.0 Å². The Balaban J connectivity index is 2.43. The number of thiazole rings is 1. The van der Waals surface area contributed by atoms with E-state index in [4.69, 9.17) is 11.6 Å². The van der Waals surface area contributed by atoms with Gasteiger partial charge in [-0.25, -0.2) is 4.98 Å². The van der Waals surface area contributed by atoms with E-state index in [9.17, 15) is 0 Å². The maximum absolute atomic E-state index is 5.77. The van der Waals surface area contributed by atoms with Gasteiger partial charge in [0, 0.05) is 0 Å². The van der Waals surface area contributed by atoms with Gasteiger partial charge in [0.2, 0.25) is 0 Å². The first-order valence-corrected chi connectivity index (χ1v) is 5.93. The standard InChI is InChI=1S/C7H3BrClNS2/c8-5-2-1-4(11-5)7-10-3-6(9)12-7/h1-3H. The minimum absolute atomic E-state index is 0.731. The van der Waals surface area contributed by atoms with Gasteiger partial charge in [-0.15, -0.1) is 22.7 Å². The first kappa shape index (κ1) is 8.69. The molecule has 0 saturated carbocycles. The van der Waals surface area contributed by atoms with Crippen LogP contribution in [0.15, 0.2) is 22.1 Å². The van der Waals surface area contributed by atoms with E-state index in [1.165, 1.54) is 11.3 Å². The molecule has 0 fully saturated rings. The van der Waals surface area contributed by atoms with E-state index in [-0.39, 0.29) is 0 Å². The average Bonchev–Trinajstić information content (AvgIpc) is 2.58. The molecule has 0 radical (unpaired) electrons. The zero-order chi connectivity index (χ0) is 8.55. The summed E-state index contributed by atoms with van der Waals surface area (Å²) in [7, 11) is 0. The first-order valence-electron chi connectivity index (χ1n) is 3.13. The maximum Gasteiger partial charge on any atom is 0.134 e. The number of aromatic nitrogens is 1. The van der Waals surface area contributed by atoms with Gasteiger partial charge in [0.25, 0.3) is 0 Å². The van der Waals surface area contributed by atoms with Crippen molar-refractivity contribution in [3.8, 4) is 9.88 Å². The summed E-state index contributed by atoms with van der Waals surface area (Å²) in [5.74, 6) is 0. The summed E-state index contributed by atoms with van der Waals surface area (Å²) < 4.78 is 1.85. The largest absolute Gasteiger partial charge is 0.242 e. The number of thiophene rings is 1. The van der Waals surface area contributed by atoms with Crippen LogP contribution in [0.3, 0.4) is 0 Å². The number of halogens is 2. The molecule has 0 saturated heterocycles. The van der Waals surface area contributed by atoms with Crippen molar-refractivity contribution in [1.82, 2.24) is 4.98 Å². The fourth-order valence-electron chi connectivity index (χ4n) is 0.798. The van der Waals surface area contributed by atoms with E-state index in [2.05, 4.69) is 20.9 Å². The summed E-state index contributed by atoms with van der Waals surface area (Å²) >= 11 is 12.3. The molecular formula is C7H3BrClNS2. The second-order valence-electron chi connectivity index (χ2n) is 2.07. The van der Waals surface area contributed by atoms with E-state index in [1.54, 1.807) is 17.5 Å². The number of nitrogens with zero attached hydrogens (tertiary/aromatic N) is 1. The van der Waals surface area contributed by atoms with E-state index in [0.29, 0.717) is 0 Å². The lowest BCUT2D eigenvalue weighted by Gasteiger charge is -1.84. The first-order chi connectivity index (χ1) is 5.75. The third-order valence-corrected chi connectivity index (χ3v) is 4.17. The SMILES string of the molecule is Clc1cnc(-c2ccc(Br)s2)s1. The molecule has 0 atom stereocenters. The molecule has 2 heterocycles. The van der Waals surface area contributed by atoms with Gasteiger partial charge in [-0.1, -0.05) is 11.6 Å². The minimum atomic E-state index is 0.731. The van der Waals surface area contributed by atoms with Crippen molar-refractivity contribution in [3.63, 3.8) is 0 Å². The summed E-state index contributed by atoms with van der Waals surface area (Å²) in [5, 5.41) is 0.982. The molecule has 0 bridgehead atoms. The summed E-state index contributed by atoms with van der Waals surface area (Å²) in [5.41, 5.74) is 0. The molecule has 0 unspecified atom stereocenters. The Morgan fingerprint density at radius 2 is 2.17 bits per heavy atom. The summed E-state index contributed by atoms with van der Waals surface area (Å²) in [6.07, 6.45) is 1.68. The summed E-state index contributed by atoms with van der Waals surface area (Å²) in [6.45, 7) is 0. The third-order valence-electron chi connectivity index (χ3n) is 1.26. The molecule has 2 rings (SSSR count). The van der Waals surface area contributed by atoms with Crippen molar-refractivity contribution in [2.45, 2.75) is 0 Å². The minimum Gasteiger partial charge on any atom is -0.242 e. The monoisotopic (exact) mass is 279 g/mol. The molecule has 1 nitrogen and oxygen atoms in total. The van der Waals surface area contributed by atoms with Crippen LogP contribution < -0.4 is 0 Å². The van der Waals surface area contributed by atoms with Crippen LogP contribution in [0, 0.1) is 0 Å². The van der Waals surface area contributed by atoms with Crippen molar-refractivity contribution in [1.29, 1.82) is 0 Å². The lowest BCUT2D eigenvalue weighted by atomic mass is 10.5. The van der Waals surface area contributed by atoms with Gasteiger partial charge in [0.15, 0.2) is 0 Å². The van der Waals surface area contributed by atoms with Crippen LogP contribution in [0.1, 0.15) is 0 Å². The highest BCUT2D eigenvalue weighted by Crippen LogP contribution is 2.34. The molecule has 0 amide bonds. The average molecular weight is 281 g/mol. The Morgan fingerprint density at radius 3 is 2.67 bits per heavy atom. The Bertz CT molecular complexity index is 357. The van der Waals surface area contributed by atoms with Crippen molar-refractivity contribution < 1.29 is 0 Å². The fourth-order valence-corrected chi connectivity index (χ4v) is 3.16. The van der Waals surface area contributed by atoms with Gasteiger partial charge < -0.3 is 0 Å². The lowest BCUT2D eigenvalue weighted by Crippen LogP contribution is -1.63. The highest BCUT2D eigenvalue weighted by molar-refractivity contribution is 9.11. The number of rotatable bonds is 1. The van der Waals surface area contributed by atoms with E-state index < -0.39 is 0 Å². The second kappa shape index (κ2) is 3.46. The molecular weight excluding hydrogens is 278 g/mol. The zero-order valence-corrected chi connectivity index (χ0v) is 9.73. The quantitative estimate of drug-likeness (QED) is 0.759. The normalized spacial score (nSPS) is 10.5. The molecule has 2 aromatic heterocycles. The van der Waals surface area contributed by atoms with Gasteiger partial charge in [-0.2, -0.15) is 0 Å². The molecule has 0 aliphatic rings. The third kappa shape index (κ3) is 1.71. The molecule has 5 heteroatoms. The van der Waals surface area contributed by atoms with Crippen LogP contribution in [0.2, 0.25) is 4.34 Å².